The van der Waals surface area contributed by atoms with Crippen LogP contribution in [-0.2, 0) is 9.59 Å². The molecular formula is C19H18BrN3O3. The van der Waals surface area contributed by atoms with E-state index in [1.165, 1.54) is 0 Å². The minimum absolute atomic E-state index is 0.122. The fourth-order valence-corrected chi connectivity index (χ4v) is 3.22. The topological polar surface area (TPSA) is 78.5 Å². The molecule has 0 radical (unpaired) electrons. The van der Waals surface area contributed by atoms with Crippen LogP contribution in [0, 0.1) is 0 Å². The first-order valence-corrected chi connectivity index (χ1v) is 9.07. The standard InChI is InChI=1S/C19H18BrN3O3/c20-16-5-2-1-4-15(16)19(26)21-12-17(24)22-13-7-9-14(10-8-13)23-11-3-6-18(23)25/h1-2,4-5,7-10H,3,6,11-12H2,(H,21,26)(H,22,24). The van der Waals surface area contributed by atoms with Gasteiger partial charge in [-0.05, 0) is 58.7 Å². The van der Waals surface area contributed by atoms with Gasteiger partial charge in [-0.2, -0.15) is 0 Å². The Hall–Kier alpha value is -2.67. The Bertz CT molecular complexity index is 836. The fraction of sp³-hybridized carbons (Fsp3) is 0.211. The van der Waals surface area contributed by atoms with Crippen LogP contribution in [0.4, 0.5) is 11.4 Å². The highest BCUT2D eigenvalue weighted by Crippen LogP contribution is 2.23. The lowest BCUT2D eigenvalue weighted by Crippen LogP contribution is -2.33. The van der Waals surface area contributed by atoms with Crippen molar-refractivity contribution in [2.45, 2.75) is 12.8 Å². The first-order valence-electron chi connectivity index (χ1n) is 8.27. The van der Waals surface area contributed by atoms with Crippen LogP contribution >= 0.6 is 15.9 Å². The van der Waals surface area contributed by atoms with Crippen LogP contribution in [0.2, 0.25) is 0 Å². The molecule has 0 unspecified atom stereocenters. The highest BCUT2D eigenvalue weighted by molar-refractivity contribution is 9.10. The molecule has 0 aliphatic carbocycles. The molecule has 0 bridgehead atoms. The molecule has 6 nitrogen and oxygen atoms in total. The van der Waals surface area contributed by atoms with Crippen molar-refractivity contribution in [3.8, 4) is 0 Å². The van der Waals surface area contributed by atoms with Crippen molar-refractivity contribution in [3.63, 3.8) is 0 Å². The SMILES string of the molecule is O=C(CNC(=O)c1ccccc1Br)Nc1ccc(N2CCCC2=O)cc1. The summed E-state index contributed by atoms with van der Waals surface area (Å²) in [5.41, 5.74) is 1.91. The molecule has 2 aromatic rings. The molecule has 2 aromatic carbocycles. The smallest absolute Gasteiger partial charge is 0.252 e. The fourth-order valence-electron chi connectivity index (χ4n) is 2.75. The number of anilines is 2. The lowest BCUT2D eigenvalue weighted by Gasteiger charge is -2.16. The van der Waals surface area contributed by atoms with Gasteiger partial charge in [0.15, 0.2) is 0 Å². The molecule has 0 spiro atoms. The zero-order chi connectivity index (χ0) is 18.5. The molecule has 7 heteroatoms. The van der Waals surface area contributed by atoms with E-state index in [-0.39, 0.29) is 24.3 Å². The zero-order valence-corrected chi connectivity index (χ0v) is 15.6. The van der Waals surface area contributed by atoms with Crippen molar-refractivity contribution in [1.29, 1.82) is 0 Å². The summed E-state index contributed by atoms with van der Waals surface area (Å²) < 4.78 is 0.671. The first-order chi connectivity index (χ1) is 12.5. The van der Waals surface area contributed by atoms with Crippen LogP contribution in [0.15, 0.2) is 53.0 Å². The predicted octanol–water partition coefficient (Wildman–Crippen LogP) is 2.94. The normalized spacial score (nSPS) is 13.6. The van der Waals surface area contributed by atoms with Gasteiger partial charge in [0.05, 0.1) is 12.1 Å². The van der Waals surface area contributed by atoms with Gasteiger partial charge in [0.1, 0.15) is 0 Å². The van der Waals surface area contributed by atoms with E-state index in [2.05, 4.69) is 26.6 Å². The number of benzene rings is 2. The van der Waals surface area contributed by atoms with Crippen LogP contribution < -0.4 is 15.5 Å². The van der Waals surface area contributed by atoms with E-state index < -0.39 is 0 Å². The van der Waals surface area contributed by atoms with Gasteiger partial charge in [0.2, 0.25) is 11.8 Å². The average Bonchev–Trinajstić information content (AvgIpc) is 3.07. The van der Waals surface area contributed by atoms with Crippen molar-refractivity contribution in [2.24, 2.45) is 0 Å². The molecule has 2 N–H and O–H groups in total. The summed E-state index contributed by atoms with van der Waals surface area (Å²) in [6.07, 6.45) is 1.45. The van der Waals surface area contributed by atoms with Gasteiger partial charge >= 0.3 is 0 Å². The summed E-state index contributed by atoms with van der Waals surface area (Å²) in [6.45, 7) is 0.595. The van der Waals surface area contributed by atoms with E-state index in [0.29, 0.717) is 22.1 Å². The third kappa shape index (κ3) is 4.29. The van der Waals surface area contributed by atoms with E-state index in [9.17, 15) is 14.4 Å². The van der Waals surface area contributed by atoms with Crippen LogP contribution in [0.1, 0.15) is 23.2 Å². The van der Waals surface area contributed by atoms with E-state index in [1.54, 1.807) is 47.4 Å². The number of hydrogen-bond acceptors (Lipinski definition) is 3. The number of amides is 3. The maximum absolute atomic E-state index is 12.1. The molecule has 3 amide bonds. The molecule has 26 heavy (non-hydrogen) atoms. The molecule has 3 rings (SSSR count). The number of hydrogen-bond donors (Lipinski definition) is 2. The van der Waals surface area contributed by atoms with Crippen LogP contribution in [0.25, 0.3) is 0 Å². The molecule has 1 aliphatic rings. The third-order valence-electron chi connectivity index (χ3n) is 4.06. The van der Waals surface area contributed by atoms with E-state index in [4.69, 9.17) is 0 Å². The Morgan fingerprint density at radius 1 is 1.08 bits per heavy atom. The number of nitrogens with one attached hydrogen (secondary N) is 2. The van der Waals surface area contributed by atoms with E-state index >= 15 is 0 Å². The molecule has 0 aromatic heterocycles. The van der Waals surface area contributed by atoms with Crippen molar-refractivity contribution < 1.29 is 14.4 Å². The highest BCUT2D eigenvalue weighted by Gasteiger charge is 2.21. The third-order valence-corrected chi connectivity index (χ3v) is 4.76. The van der Waals surface area contributed by atoms with Crippen LogP contribution in [-0.4, -0.2) is 30.8 Å². The van der Waals surface area contributed by atoms with Gasteiger partial charge < -0.3 is 15.5 Å². The number of halogens is 1. The molecular weight excluding hydrogens is 398 g/mol. The Morgan fingerprint density at radius 3 is 2.46 bits per heavy atom. The van der Waals surface area contributed by atoms with Gasteiger partial charge in [-0.25, -0.2) is 0 Å². The predicted molar refractivity (Wildman–Crippen MR) is 103 cm³/mol. The number of carbonyl (C=O) groups is 3. The van der Waals surface area contributed by atoms with Crippen molar-refractivity contribution >= 4 is 45.0 Å². The molecule has 1 saturated heterocycles. The molecule has 134 valence electrons. The van der Waals surface area contributed by atoms with Crippen molar-refractivity contribution in [2.75, 3.05) is 23.3 Å². The number of rotatable bonds is 5. The molecule has 1 fully saturated rings. The summed E-state index contributed by atoms with van der Waals surface area (Å²) in [6, 6.07) is 14.1. The van der Waals surface area contributed by atoms with Crippen LogP contribution in [0.3, 0.4) is 0 Å². The summed E-state index contributed by atoms with van der Waals surface area (Å²) in [5.74, 6) is -0.525. The average molecular weight is 416 g/mol. The van der Waals surface area contributed by atoms with Crippen LogP contribution in [0.5, 0.6) is 0 Å². The highest BCUT2D eigenvalue weighted by atomic mass is 79.9. The van der Waals surface area contributed by atoms with Gasteiger partial charge in [-0.1, -0.05) is 12.1 Å². The minimum Gasteiger partial charge on any atom is -0.343 e. The summed E-state index contributed by atoms with van der Waals surface area (Å²) in [7, 11) is 0. The lowest BCUT2D eigenvalue weighted by molar-refractivity contribution is -0.117. The molecule has 0 atom stereocenters. The van der Waals surface area contributed by atoms with Gasteiger partial charge in [-0.15, -0.1) is 0 Å². The second kappa shape index (κ2) is 8.14. The van der Waals surface area contributed by atoms with Gasteiger partial charge in [0.25, 0.3) is 5.91 Å². The van der Waals surface area contributed by atoms with Gasteiger partial charge in [0, 0.05) is 28.8 Å². The number of carbonyl (C=O) groups excluding carboxylic acids is 3. The van der Waals surface area contributed by atoms with E-state index in [0.717, 1.165) is 18.7 Å². The Balaban J connectivity index is 1.52. The van der Waals surface area contributed by atoms with E-state index in [1.807, 2.05) is 6.07 Å². The molecule has 1 aliphatic heterocycles. The Labute approximate surface area is 159 Å². The second-order valence-corrected chi connectivity index (χ2v) is 6.76. The van der Waals surface area contributed by atoms with Crippen molar-refractivity contribution in [1.82, 2.24) is 5.32 Å². The minimum atomic E-state index is -0.324. The molecule has 1 heterocycles. The Kier molecular flexibility index (Phi) is 5.68. The second-order valence-electron chi connectivity index (χ2n) is 5.91. The quantitative estimate of drug-likeness (QED) is 0.787. The van der Waals surface area contributed by atoms with Crippen molar-refractivity contribution in [3.05, 3.63) is 58.6 Å². The number of nitrogens with zero attached hydrogens (tertiary/aromatic N) is 1. The first kappa shape index (κ1) is 18.1. The summed E-state index contributed by atoms with van der Waals surface area (Å²) in [4.78, 5) is 37.6. The van der Waals surface area contributed by atoms with Gasteiger partial charge in [-0.3, -0.25) is 14.4 Å². The monoisotopic (exact) mass is 415 g/mol. The lowest BCUT2D eigenvalue weighted by atomic mass is 10.2. The summed E-state index contributed by atoms with van der Waals surface area (Å²) in [5, 5.41) is 5.31. The zero-order valence-electron chi connectivity index (χ0n) is 14.0. The molecule has 0 saturated carbocycles. The Morgan fingerprint density at radius 2 is 1.81 bits per heavy atom. The maximum atomic E-state index is 12.1. The summed E-state index contributed by atoms with van der Waals surface area (Å²) >= 11 is 3.31. The largest absolute Gasteiger partial charge is 0.343 e. The maximum Gasteiger partial charge on any atom is 0.252 e.